The molecule has 0 aliphatic rings. The van der Waals surface area contributed by atoms with Gasteiger partial charge in [-0.25, -0.2) is 0 Å². The number of hydrogen-bond acceptors (Lipinski definition) is 3. The van der Waals surface area contributed by atoms with Crippen LogP contribution in [0.25, 0.3) is 0 Å². The number of hydrogen-bond donors (Lipinski definition) is 1. The average molecular weight is 489 g/mol. The molecule has 0 radical (unpaired) electrons. The van der Waals surface area contributed by atoms with Gasteiger partial charge in [-0.2, -0.15) is 0 Å². The van der Waals surface area contributed by atoms with E-state index in [4.69, 9.17) is 0 Å². The molecule has 1 N–H and O–H groups in total. The number of carbonyl (C=O) groups excluding carboxylic acids is 2. The molecule has 5 heteroatoms. The standard InChI is InChI=1S/C30H36N2O2S/c1-4-18-31-30(34)28(21-25-10-6-5-7-11-25)32(22-26-12-8-9-24(3)20-26)29(33)17-19-35-27-15-13-23(2)14-16-27/h5-16,20,28H,4,17-19,21-22H2,1-3H3,(H,31,34)/t28-/m1/s1. The van der Waals surface area contributed by atoms with Crippen LogP contribution in [-0.2, 0) is 22.6 Å². The van der Waals surface area contributed by atoms with Crippen molar-refractivity contribution < 1.29 is 9.59 Å². The second-order valence-corrected chi connectivity index (χ2v) is 10.1. The molecule has 0 spiro atoms. The predicted molar refractivity (Wildman–Crippen MR) is 145 cm³/mol. The fourth-order valence-electron chi connectivity index (χ4n) is 3.96. The van der Waals surface area contributed by atoms with Crippen molar-refractivity contribution in [2.24, 2.45) is 0 Å². The summed E-state index contributed by atoms with van der Waals surface area (Å²) in [5, 5.41) is 3.03. The lowest BCUT2D eigenvalue weighted by molar-refractivity contribution is -0.141. The number of nitrogens with one attached hydrogen (secondary N) is 1. The van der Waals surface area contributed by atoms with E-state index in [-0.39, 0.29) is 11.8 Å². The third-order valence-corrected chi connectivity index (χ3v) is 6.88. The first kappa shape index (κ1) is 26.6. The highest BCUT2D eigenvalue weighted by molar-refractivity contribution is 7.99. The van der Waals surface area contributed by atoms with Gasteiger partial charge in [0.15, 0.2) is 0 Å². The summed E-state index contributed by atoms with van der Waals surface area (Å²) in [6.45, 7) is 7.15. The lowest BCUT2D eigenvalue weighted by atomic mass is 10.0. The first-order chi connectivity index (χ1) is 17.0. The fourth-order valence-corrected chi connectivity index (χ4v) is 4.80. The molecule has 0 saturated heterocycles. The van der Waals surface area contributed by atoms with Gasteiger partial charge in [0.1, 0.15) is 6.04 Å². The van der Waals surface area contributed by atoms with E-state index in [2.05, 4.69) is 42.6 Å². The maximum atomic E-state index is 13.6. The Morgan fingerprint density at radius 1 is 0.886 bits per heavy atom. The quantitative estimate of drug-likeness (QED) is 0.320. The van der Waals surface area contributed by atoms with Crippen molar-refractivity contribution >= 4 is 23.6 Å². The highest BCUT2D eigenvalue weighted by atomic mass is 32.2. The van der Waals surface area contributed by atoms with Crippen molar-refractivity contribution in [2.45, 2.75) is 57.5 Å². The first-order valence-corrected chi connectivity index (χ1v) is 13.3. The first-order valence-electron chi connectivity index (χ1n) is 12.3. The van der Waals surface area contributed by atoms with Gasteiger partial charge in [0.25, 0.3) is 0 Å². The third-order valence-electron chi connectivity index (χ3n) is 5.86. The van der Waals surface area contributed by atoms with Crippen LogP contribution in [0, 0.1) is 13.8 Å². The highest BCUT2D eigenvalue weighted by Gasteiger charge is 2.30. The zero-order valence-corrected chi connectivity index (χ0v) is 21.8. The van der Waals surface area contributed by atoms with Gasteiger partial charge >= 0.3 is 0 Å². The summed E-state index contributed by atoms with van der Waals surface area (Å²) in [7, 11) is 0. The van der Waals surface area contributed by atoms with Gasteiger partial charge in [0.2, 0.25) is 11.8 Å². The van der Waals surface area contributed by atoms with E-state index in [9.17, 15) is 9.59 Å². The molecule has 0 saturated carbocycles. The molecule has 0 unspecified atom stereocenters. The minimum atomic E-state index is -0.568. The van der Waals surface area contributed by atoms with E-state index in [1.54, 1.807) is 16.7 Å². The van der Waals surface area contributed by atoms with Crippen molar-refractivity contribution in [3.8, 4) is 0 Å². The Morgan fingerprint density at radius 2 is 1.60 bits per heavy atom. The molecule has 0 bridgehead atoms. The normalized spacial score (nSPS) is 11.6. The van der Waals surface area contributed by atoms with Crippen molar-refractivity contribution in [2.75, 3.05) is 12.3 Å². The van der Waals surface area contributed by atoms with Crippen molar-refractivity contribution in [1.29, 1.82) is 0 Å². The zero-order chi connectivity index (χ0) is 25.0. The Balaban J connectivity index is 1.82. The molecule has 35 heavy (non-hydrogen) atoms. The molecular formula is C30H36N2O2S. The summed E-state index contributed by atoms with van der Waals surface area (Å²) in [4.78, 5) is 29.9. The molecule has 3 rings (SSSR count). The summed E-state index contributed by atoms with van der Waals surface area (Å²) in [5.41, 5.74) is 4.43. The number of aryl methyl sites for hydroxylation is 2. The Labute approximate surface area is 214 Å². The zero-order valence-electron chi connectivity index (χ0n) is 21.0. The molecule has 3 aromatic rings. The SMILES string of the molecule is CCCNC(=O)[C@@H](Cc1ccccc1)N(Cc1cccc(C)c1)C(=O)CCSc1ccc(C)cc1. The van der Waals surface area contributed by atoms with E-state index >= 15 is 0 Å². The molecule has 0 aliphatic heterocycles. The smallest absolute Gasteiger partial charge is 0.243 e. The van der Waals surface area contributed by atoms with Crippen molar-refractivity contribution in [3.63, 3.8) is 0 Å². The minimum Gasteiger partial charge on any atom is -0.354 e. The highest BCUT2D eigenvalue weighted by Crippen LogP contribution is 2.21. The van der Waals surface area contributed by atoms with E-state index in [0.717, 1.165) is 28.0 Å². The summed E-state index contributed by atoms with van der Waals surface area (Å²) in [6, 6.07) is 25.9. The van der Waals surface area contributed by atoms with Crippen molar-refractivity contribution in [1.82, 2.24) is 10.2 Å². The monoisotopic (exact) mass is 488 g/mol. The van der Waals surface area contributed by atoms with Gasteiger partial charge in [-0.3, -0.25) is 9.59 Å². The molecule has 0 aliphatic carbocycles. The Hall–Kier alpha value is -3.05. The van der Waals surface area contributed by atoms with Gasteiger partial charge in [-0.1, -0.05) is 84.8 Å². The van der Waals surface area contributed by atoms with Crippen LogP contribution in [-0.4, -0.2) is 35.1 Å². The molecular weight excluding hydrogens is 452 g/mol. The number of benzene rings is 3. The van der Waals surface area contributed by atoms with Gasteiger partial charge in [-0.05, 0) is 43.5 Å². The van der Waals surface area contributed by atoms with E-state index in [1.165, 1.54) is 5.56 Å². The largest absolute Gasteiger partial charge is 0.354 e. The maximum Gasteiger partial charge on any atom is 0.243 e. The maximum absolute atomic E-state index is 13.6. The Morgan fingerprint density at radius 3 is 2.29 bits per heavy atom. The second kappa shape index (κ2) is 13.7. The van der Waals surface area contributed by atoms with Crippen LogP contribution in [0.5, 0.6) is 0 Å². The van der Waals surface area contributed by atoms with E-state index < -0.39 is 6.04 Å². The van der Waals surface area contributed by atoms with E-state index in [0.29, 0.717) is 31.7 Å². The van der Waals surface area contributed by atoms with Gasteiger partial charge < -0.3 is 10.2 Å². The van der Waals surface area contributed by atoms with Crippen LogP contribution in [0.3, 0.4) is 0 Å². The molecule has 184 valence electrons. The van der Waals surface area contributed by atoms with Crippen LogP contribution in [0.1, 0.15) is 42.0 Å². The summed E-state index contributed by atoms with van der Waals surface area (Å²) >= 11 is 1.67. The molecule has 1 atom stereocenters. The topological polar surface area (TPSA) is 49.4 Å². The molecule has 3 aromatic carbocycles. The predicted octanol–water partition coefficient (Wildman–Crippen LogP) is 5.95. The minimum absolute atomic E-state index is 0.00121. The summed E-state index contributed by atoms with van der Waals surface area (Å²) in [5.74, 6) is 0.572. The van der Waals surface area contributed by atoms with Crippen LogP contribution in [0.2, 0.25) is 0 Å². The Bertz CT molecular complexity index is 1080. The van der Waals surface area contributed by atoms with Crippen LogP contribution in [0.15, 0.2) is 83.8 Å². The van der Waals surface area contributed by atoms with Gasteiger partial charge in [0, 0.05) is 36.6 Å². The number of carbonyl (C=O) groups is 2. The third kappa shape index (κ3) is 8.59. The summed E-state index contributed by atoms with van der Waals surface area (Å²) < 4.78 is 0. The summed E-state index contributed by atoms with van der Waals surface area (Å²) in [6.07, 6.45) is 1.71. The van der Waals surface area contributed by atoms with Crippen LogP contribution in [0.4, 0.5) is 0 Å². The molecule has 2 amide bonds. The molecule has 0 fully saturated rings. The van der Waals surface area contributed by atoms with E-state index in [1.807, 2.05) is 62.4 Å². The van der Waals surface area contributed by atoms with Crippen molar-refractivity contribution in [3.05, 3.63) is 101 Å². The number of nitrogens with zero attached hydrogens (tertiary/aromatic N) is 1. The molecule has 0 heterocycles. The van der Waals surface area contributed by atoms with Crippen LogP contribution < -0.4 is 5.32 Å². The molecule has 4 nitrogen and oxygen atoms in total. The fraction of sp³-hybridized carbons (Fsp3) is 0.333. The molecule has 0 aromatic heterocycles. The lowest BCUT2D eigenvalue weighted by Gasteiger charge is -2.31. The lowest BCUT2D eigenvalue weighted by Crippen LogP contribution is -2.50. The van der Waals surface area contributed by atoms with Gasteiger partial charge in [0.05, 0.1) is 0 Å². The van der Waals surface area contributed by atoms with Crippen LogP contribution >= 0.6 is 11.8 Å². The average Bonchev–Trinajstić information content (AvgIpc) is 2.86. The Kier molecular flexibility index (Phi) is 10.4. The number of thioether (sulfide) groups is 1. The number of amides is 2. The van der Waals surface area contributed by atoms with Gasteiger partial charge in [-0.15, -0.1) is 11.8 Å². The number of rotatable bonds is 12. The second-order valence-electron chi connectivity index (χ2n) is 8.92.